The third-order valence-electron chi connectivity index (χ3n) is 2.48. The Morgan fingerprint density at radius 1 is 1.38 bits per heavy atom. The van der Waals surface area contributed by atoms with Crippen LogP contribution in [0.2, 0.25) is 0 Å². The molecule has 0 aliphatic heterocycles. The van der Waals surface area contributed by atoms with E-state index in [-0.39, 0.29) is 11.3 Å². The second-order valence-electron chi connectivity index (χ2n) is 3.70. The lowest BCUT2D eigenvalue weighted by atomic mass is 10.1. The third kappa shape index (κ3) is 1.60. The summed E-state index contributed by atoms with van der Waals surface area (Å²) in [5, 5.41) is 13.6. The molecular formula is C11H12FN3O. The van der Waals surface area contributed by atoms with Gasteiger partial charge in [-0.15, -0.1) is 0 Å². The second-order valence-corrected chi connectivity index (χ2v) is 3.70. The van der Waals surface area contributed by atoms with Gasteiger partial charge in [0.1, 0.15) is 17.4 Å². The first-order valence-electron chi connectivity index (χ1n) is 4.78. The number of nitrogens with zero attached hydrogens (tertiary/aromatic N) is 2. The molecule has 16 heavy (non-hydrogen) atoms. The van der Waals surface area contributed by atoms with Gasteiger partial charge in [0.05, 0.1) is 5.69 Å². The molecular weight excluding hydrogens is 209 g/mol. The van der Waals surface area contributed by atoms with E-state index in [1.54, 1.807) is 20.0 Å². The zero-order chi connectivity index (χ0) is 11.9. The molecule has 1 heterocycles. The Balaban J connectivity index is 2.60. The maximum Gasteiger partial charge on any atom is 0.133 e. The van der Waals surface area contributed by atoms with Gasteiger partial charge >= 0.3 is 0 Å². The first-order valence-corrected chi connectivity index (χ1v) is 4.78. The van der Waals surface area contributed by atoms with Crippen LogP contribution < -0.4 is 5.73 Å². The Labute approximate surface area is 92.1 Å². The standard InChI is InChI=1S/C11H12FN3O/c1-6-3-8(12)7(4-10(6)16)9-5-11(13)15(2)14-9/h3-5,16H,13H2,1-2H3. The van der Waals surface area contributed by atoms with E-state index < -0.39 is 5.82 Å². The largest absolute Gasteiger partial charge is 0.508 e. The summed E-state index contributed by atoms with van der Waals surface area (Å²) >= 11 is 0. The number of phenolic OH excluding ortho intramolecular Hbond substituents is 1. The number of phenols is 1. The van der Waals surface area contributed by atoms with Gasteiger partial charge in [0.15, 0.2) is 0 Å². The number of hydrogen-bond donors (Lipinski definition) is 2. The molecule has 0 fully saturated rings. The molecule has 3 N–H and O–H groups in total. The maximum absolute atomic E-state index is 13.7. The fraction of sp³-hybridized carbons (Fsp3) is 0.182. The molecule has 84 valence electrons. The van der Waals surface area contributed by atoms with Crippen molar-refractivity contribution in [3.8, 4) is 17.0 Å². The van der Waals surface area contributed by atoms with Crippen molar-refractivity contribution in [3.05, 3.63) is 29.6 Å². The number of aryl methyl sites for hydroxylation is 2. The number of hydrogen-bond acceptors (Lipinski definition) is 3. The molecule has 5 heteroatoms. The third-order valence-corrected chi connectivity index (χ3v) is 2.48. The van der Waals surface area contributed by atoms with Crippen LogP contribution in [0.3, 0.4) is 0 Å². The molecule has 0 unspecified atom stereocenters. The number of nitrogen functional groups attached to an aromatic ring is 1. The lowest BCUT2D eigenvalue weighted by molar-refractivity contribution is 0.469. The Kier molecular flexibility index (Phi) is 2.30. The average Bonchev–Trinajstić information content (AvgIpc) is 2.53. The molecule has 0 aliphatic carbocycles. The van der Waals surface area contributed by atoms with E-state index in [0.717, 1.165) is 0 Å². The van der Waals surface area contributed by atoms with Crippen molar-refractivity contribution < 1.29 is 9.50 Å². The van der Waals surface area contributed by atoms with Crippen molar-refractivity contribution in [1.82, 2.24) is 9.78 Å². The number of benzene rings is 1. The van der Waals surface area contributed by atoms with Crippen molar-refractivity contribution in [1.29, 1.82) is 0 Å². The summed E-state index contributed by atoms with van der Waals surface area (Å²) in [6.07, 6.45) is 0. The van der Waals surface area contributed by atoms with Crippen LogP contribution in [0.5, 0.6) is 5.75 Å². The quantitative estimate of drug-likeness (QED) is 0.772. The molecule has 0 amide bonds. The van der Waals surface area contributed by atoms with Crippen LogP contribution >= 0.6 is 0 Å². The Morgan fingerprint density at radius 3 is 2.62 bits per heavy atom. The molecule has 2 rings (SSSR count). The summed E-state index contributed by atoms with van der Waals surface area (Å²) in [7, 11) is 1.67. The van der Waals surface area contributed by atoms with Gasteiger partial charge in [-0.3, -0.25) is 4.68 Å². The highest BCUT2D eigenvalue weighted by Gasteiger charge is 2.12. The van der Waals surface area contributed by atoms with Gasteiger partial charge in [0.25, 0.3) is 0 Å². The molecule has 1 aromatic carbocycles. The van der Waals surface area contributed by atoms with Gasteiger partial charge in [0.2, 0.25) is 0 Å². The van der Waals surface area contributed by atoms with Crippen molar-refractivity contribution in [2.24, 2.45) is 7.05 Å². The fourth-order valence-corrected chi connectivity index (χ4v) is 1.47. The maximum atomic E-state index is 13.7. The van der Waals surface area contributed by atoms with Crippen molar-refractivity contribution in [2.45, 2.75) is 6.92 Å². The minimum atomic E-state index is -0.423. The predicted octanol–water partition coefficient (Wildman–Crippen LogP) is 1.82. The summed E-state index contributed by atoms with van der Waals surface area (Å²) < 4.78 is 15.1. The highest BCUT2D eigenvalue weighted by atomic mass is 19.1. The molecule has 1 aromatic heterocycles. The van der Waals surface area contributed by atoms with Crippen LogP contribution in [0.4, 0.5) is 10.2 Å². The van der Waals surface area contributed by atoms with Gasteiger partial charge in [-0.05, 0) is 24.6 Å². The molecule has 0 aliphatic rings. The summed E-state index contributed by atoms with van der Waals surface area (Å²) in [6.45, 7) is 1.63. The van der Waals surface area contributed by atoms with Gasteiger partial charge < -0.3 is 10.8 Å². The van der Waals surface area contributed by atoms with Crippen LogP contribution in [-0.4, -0.2) is 14.9 Å². The zero-order valence-electron chi connectivity index (χ0n) is 9.03. The number of anilines is 1. The Bertz CT molecular complexity index is 529. The summed E-state index contributed by atoms with van der Waals surface area (Å²) in [6, 6.07) is 4.19. The van der Waals surface area contributed by atoms with E-state index in [0.29, 0.717) is 17.1 Å². The molecule has 2 aromatic rings. The van der Waals surface area contributed by atoms with Gasteiger partial charge in [-0.2, -0.15) is 5.10 Å². The fourth-order valence-electron chi connectivity index (χ4n) is 1.47. The van der Waals surface area contributed by atoms with E-state index >= 15 is 0 Å². The molecule has 0 radical (unpaired) electrons. The van der Waals surface area contributed by atoms with E-state index in [9.17, 15) is 9.50 Å². The number of aromatic nitrogens is 2. The number of halogens is 1. The zero-order valence-corrected chi connectivity index (χ0v) is 9.03. The van der Waals surface area contributed by atoms with Gasteiger partial charge in [-0.25, -0.2) is 4.39 Å². The van der Waals surface area contributed by atoms with E-state index in [4.69, 9.17) is 5.73 Å². The Morgan fingerprint density at radius 2 is 2.06 bits per heavy atom. The summed E-state index contributed by atoms with van der Waals surface area (Å²) in [4.78, 5) is 0. The molecule has 4 nitrogen and oxygen atoms in total. The smallest absolute Gasteiger partial charge is 0.133 e. The molecule has 0 saturated carbocycles. The van der Waals surface area contributed by atoms with Crippen LogP contribution in [0.15, 0.2) is 18.2 Å². The highest BCUT2D eigenvalue weighted by Crippen LogP contribution is 2.29. The predicted molar refractivity (Wildman–Crippen MR) is 59.4 cm³/mol. The van der Waals surface area contributed by atoms with Crippen LogP contribution in [0.25, 0.3) is 11.3 Å². The summed E-state index contributed by atoms with van der Waals surface area (Å²) in [5.41, 5.74) is 6.76. The minimum absolute atomic E-state index is 0.0422. The summed E-state index contributed by atoms with van der Waals surface area (Å²) in [5.74, 6) is 0.0588. The molecule has 0 bridgehead atoms. The molecule has 0 spiro atoms. The topological polar surface area (TPSA) is 64.1 Å². The van der Waals surface area contributed by atoms with Crippen molar-refractivity contribution in [3.63, 3.8) is 0 Å². The van der Waals surface area contributed by atoms with Crippen LogP contribution in [0, 0.1) is 12.7 Å². The van der Waals surface area contributed by atoms with Gasteiger partial charge in [-0.1, -0.05) is 0 Å². The van der Waals surface area contributed by atoms with Crippen LogP contribution in [0.1, 0.15) is 5.56 Å². The van der Waals surface area contributed by atoms with Crippen LogP contribution in [-0.2, 0) is 7.05 Å². The second kappa shape index (κ2) is 3.52. The minimum Gasteiger partial charge on any atom is -0.508 e. The first kappa shape index (κ1) is 10.5. The lowest BCUT2D eigenvalue weighted by Gasteiger charge is -2.03. The molecule has 0 atom stereocenters. The number of rotatable bonds is 1. The van der Waals surface area contributed by atoms with E-state index in [2.05, 4.69) is 5.10 Å². The average molecular weight is 221 g/mol. The highest BCUT2D eigenvalue weighted by molar-refractivity contribution is 5.65. The number of nitrogens with two attached hydrogens (primary N) is 1. The SMILES string of the molecule is Cc1cc(F)c(-c2cc(N)n(C)n2)cc1O. The van der Waals surface area contributed by atoms with E-state index in [1.807, 2.05) is 0 Å². The first-order chi connectivity index (χ1) is 7.49. The van der Waals surface area contributed by atoms with Gasteiger partial charge in [0, 0.05) is 18.7 Å². The van der Waals surface area contributed by atoms with E-state index in [1.165, 1.54) is 16.8 Å². The lowest BCUT2D eigenvalue weighted by Crippen LogP contribution is -1.96. The van der Waals surface area contributed by atoms with Crippen molar-refractivity contribution >= 4 is 5.82 Å². The Hall–Kier alpha value is -2.04. The van der Waals surface area contributed by atoms with Crippen molar-refractivity contribution in [2.75, 3.05) is 5.73 Å². The monoisotopic (exact) mass is 221 g/mol. The normalized spacial score (nSPS) is 10.7. The molecule has 0 saturated heterocycles. The number of aromatic hydroxyl groups is 1.